The Morgan fingerprint density at radius 1 is 1.48 bits per heavy atom. The summed E-state index contributed by atoms with van der Waals surface area (Å²) in [5, 5.41) is 5.96. The Balaban J connectivity index is 2.08. The number of rotatable bonds is 6. The zero-order valence-corrected chi connectivity index (χ0v) is 14.2. The van der Waals surface area contributed by atoms with Crippen LogP contribution >= 0.6 is 0 Å². The van der Waals surface area contributed by atoms with Crippen molar-refractivity contribution in [3.8, 4) is 5.75 Å². The fraction of sp³-hybridized carbons (Fsp3) is 0.529. The molecule has 6 heteroatoms. The van der Waals surface area contributed by atoms with E-state index in [2.05, 4.69) is 10.6 Å². The first-order valence-electron chi connectivity index (χ1n) is 7.86. The Labute approximate surface area is 137 Å². The average molecular weight is 319 g/mol. The minimum Gasteiger partial charge on any atom is -0.495 e. The smallest absolute Gasteiger partial charge is 0.227 e. The Morgan fingerprint density at radius 3 is 2.87 bits per heavy atom. The van der Waals surface area contributed by atoms with E-state index in [1.807, 2.05) is 39.1 Å². The summed E-state index contributed by atoms with van der Waals surface area (Å²) in [5.41, 5.74) is 1.78. The number of anilines is 1. The first-order chi connectivity index (χ1) is 11.0. The number of carbonyl (C=O) groups is 2. The molecular formula is C17H25N3O3. The third-order valence-corrected chi connectivity index (χ3v) is 4.20. The van der Waals surface area contributed by atoms with E-state index in [0.717, 1.165) is 11.3 Å². The second-order valence-corrected chi connectivity index (χ2v) is 6.02. The van der Waals surface area contributed by atoms with E-state index in [-0.39, 0.29) is 30.2 Å². The molecule has 1 aromatic carbocycles. The summed E-state index contributed by atoms with van der Waals surface area (Å²) in [7, 11) is 3.43. The van der Waals surface area contributed by atoms with E-state index in [4.69, 9.17) is 4.74 Å². The van der Waals surface area contributed by atoms with Crippen molar-refractivity contribution in [3.05, 3.63) is 23.8 Å². The maximum atomic E-state index is 12.3. The molecule has 6 nitrogen and oxygen atoms in total. The highest BCUT2D eigenvalue weighted by Gasteiger charge is 2.36. The van der Waals surface area contributed by atoms with Crippen LogP contribution in [0.5, 0.6) is 5.75 Å². The lowest BCUT2D eigenvalue weighted by atomic mass is 10.1. The summed E-state index contributed by atoms with van der Waals surface area (Å²) in [6, 6.07) is 5.90. The van der Waals surface area contributed by atoms with E-state index < -0.39 is 0 Å². The molecular weight excluding hydrogens is 294 g/mol. The van der Waals surface area contributed by atoms with E-state index in [9.17, 15) is 9.59 Å². The van der Waals surface area contributed by atoms with Gasteiger partial charge >= 0.3 is 0 Å². The van der Waals surface area contributed by atoms with Crippen LogP contribution in [0.2, 0.25) is 0 Å². The molecule has 1 aromatic rings. The molecule has 1 saturated heterocycles. The van der Waals surface area contributed by atoms with Crippen molar-refractivity contribution in [2.75, 3.05) is 32.1 Å². The van der Waals surface area contributed by atoms with Gasteiger partial charge in [0.05, 0.1) is 18.7 Å². The first kappa shape index (κ1) is 17.3. The molecule has 0 saturated carbocycles. The van der Waals surface area contributed by atoms with Crippen LogP contribution in [-0.4, -0.2) is 45.1 Å². The minimum atomic E-state index is -0.322. The number of benzene rings is 1. The number of ether oxygens (including phenoxy) is 1. The molecule has 0 aliphatic carbocycles. The fourth-order valence-corrected chi connectivity index (χ4v) is 2.63. The molecule has 0 aromatic heterocycles. The fourth-order valence-electron chi connectivity index (χ4n) is 2.63. The zero-order chi connectivity index (χ0) is 17.0. The lowest BCUT2D eigenvalue weighted by Crippen LogP contribution is -2.40. The van der Waals surface area contributed by atoms with Gasteiger partial charge in [-0.25, -0.2) is 0 Å². The summed E-state index contributed by atoms with van der Waals surface area (Å²) < 4.78 is 5.35. The van der Waals surface area contributed by atoms with Crippen molar-refractivity contribution in [2.24, 2.45) is 5.92 Å². The van der Waals surface area contributed by atoms with Crippen molar-refractivity contribution in [2.45, 2.75) is 26.3 Å². The molecule has 1 aliphatic rings. The van der Waals surface area contributed by atoms with Gasteiger partial charge < -0.3 is 20.3 Å². The molecule has 1 aliphatic heterocycles. The number of aryl methyl sites for hydroxylation is 1. The molecule has 126 valence electrons. The Hall–Kier alpha value is -2.08. The van der Waals surface area contributed by atoms with Crippen molar-refractivity contribution >= 4 is 17.5 Å². The average Bonchev–Trinajstić information content (AvgIpc) is 2.93. The summed E-state index contributed by atoms with van der Waals surface area (Å²) in [4.78, 5) is 26.3. The zero-order valence-electron chi connectivity index (χ0n) is 14.2. The highest BCUT2D eigenvalue weighted by atomic mass is 16.5. The first-order valence-corrected chi connectivity index (χ1v) is 7.86. The summed E-state index contributed by atoms with van der Waals surface area (Å²) in [5.74, 6) is 0.205. The summed E-state index contributed by atoms with van der Waals surface area (Å²) in [6.45, 7) is 4.89. The second-order valence-electron chi connectivity index (χ2n) is 6.02. The quantitative estimate of drug-likeness (QED) is 0.823. The molecule has 2 unspecified atom stereocenters. The number of likely N-dealkylation sites (N-methyl/N-ethyl adjacent to an activating group) is 1. The van der Waals surface area contributed by atoms with Crippen molar-refractivity contribution < 1.29 is 14.3 Å². The van der Waals surface area contributed by atoms with Gasteiger partial charge in [-0.15, -0.1) is 0 Å². The van der Waals surface area contributed by atoms with Gasteiger partial charge in [0, 0.05) is 25.6 Å². The van der Waals surface area contributed by atoms with Gasteiger partial charge in [-0.2, -0.15) is 0 Å². The highest BCUT2D eigenvalue weighted by Crippen LogP contribution is 2.33. The molecule has 0 bridgehead atoms. The molecule has 2 amide bonds. The molecule has 2 atom stereocenters. The largest absolute Gasteiger partial charge is 0.495 e. The molecule has 1 heterocycles. The Kier molecular flexibility index (Phi) is 5.60. The number of amides is 2. The van der Waals surface area contributed by atoms with Crippen LogP contribution in [0.1, 0.15) is 18.9 Å². The van der Waals surface area contributed by atoms with Gasteiger partial charge in [-0.1, -0.05) is 6.07 Å². The number of methoxy groups -OCH3 is 1. The van der Waals surface area contributed by atoms with Gasteiger partial charge in [-0.05, 0) is 38.6 Å². The van der Waals surface area contributed by atoms with E-state index >= 15 is 0 Å². The number of hydrogen-bond acceptors (Lipinski definition) is 4. The van der Waals surface area contributed by atoms with Crippen LogP contribution in [0.15, 0.2) is 18.2 Å². The maximum absolute atomic E-state index is 12.3. The van der Waals surface area contributed by atoms with Crippen LogP contribution in [0.3, 0.4) is 0 Å². The normalized spacial score (nSPS) is 18.9. The number of carbonyl (C=O) groups excluding carboxylic acids is 2. The number of hydrogen-bond donors (Lipinski definition) is 2. The number of nitrogens with one attached hydrogen (secondary N) is 2. The van der Waals surface area contributed by atoms with Gasteiger partial charge in [0.15, 0.2) is 0 Å². The van der Waals surface area contributed by atoms with Crippen molar-refractivity contribution in [1.29, 1.82) is 0 Å². The molecule has 2 N–H and O–H groups in total. The van der Waals surface area contributed by atoms with Gasteiger partial charge in [-0.3, -0.25) is 9.59 Å². The third kappa shape index (κ3) is 4.01. The lowest BCUT2D eigenvalue weighted by molar-refractivity contribution is -0.126. The van der Waals surface area contributed by atoms with Crippen LogP contribution in [-0.2, 0) is 9.59 Å². The Bertz CT molecular complexity index is 588. The second kappa shape index (κ2) is 7.46. The molecule has 2 rings (SSSR count). The summed E-state index contributed by atoms with van der Waals surface area (Å²) >= 11 is 0. The van der Waals surface area contributed by atoms with E-state index in [1.54, 1.807) is 12.0 Å². The van der Waals surface area contributed by atoms with Gasteiger partial charge in [0.25, 0.3) is 0 Å². The van der Waals surface area contributed by atoms with Crippen molar-refractivity contribution in [3.63, 3.8) is 0 Å². The SMILES string of the molecule is CNC(C)CNC(=O)C1CC(=O)N(c2cc(C)ccc2OC)C1. The van der Waals surface area contributed by atoms with E-state index in [1.165, 1.54) is 0 Å². The van der Waals surface area contributed by atoms with Crippen LogP contribution in [0.25, 0.3) is 0 Å². The molecule has 1 fully saturated rings. The summed E-state index contributed by atoms with van der Waals surface area (Å²) in [6.07, 6.45) is 0.233. The maximum Gasteiger partial charge on any atom is 0.227 e. The standard InChI is InChI=1S/C17H25N3O3/c1-11-5-6-15(23-4)14(7-11)20-10-13(8-16(20)21)17(22)19-9-12(2)18-3/h5-7,12-13,18H,8-10H2,1-4H3,(H,19,22). The topological polar surface area (TPSA) is 70.7 Å². The third-order valence-electron chi connectivity index (χ3n) is 4.20. The molecule has 0 spiro atoms. The van der Waals surface area contributed by atoms with Crippen LogP contribution in [0, 0.1) is 12.8 Å². The van der Waals surface area contributed by atoms with Crippen LogP contribution in [0.4, 0.5) is 5.69 Å². The number of nitrogens with zero attached hydrogens (tertiary/aromatic N) is 1. The van der Waals surface area contributed by atoms with Gasteiger partial charge in [0.1, 0.15) is 5.75 Å². The lowest BCUT2D eigenvalue weighted by Gasteiger charge is -2.20. The minimum absolute atomic E-state index is 0.0456. The monoisotopic (exact) mass is 319 g/mol. The Morgan fingerprint density at radius 2 is 2.22 bits per heavy atom. The van der Waals surface area contributed by atoms with Crippen LogP contribution < -0.4 is 20.3 Å². The molecule has 0 radical (unpaired) electrons. The van der Waals surface area contributed by atoms with Crippen molar-refractivity contribution in [1.82, 2.24) is 10.6 Å². The van der Waals surface area contributed by atoms with E-state index in [0.29, 0.717) is 18.8 Å². The molecule has 23 heavy (non-hydrogen) atoms. The predicted molar refractivity (Wildman–Crippen MR) is 89.7 cm³/mol. The predicted octanol–water partition coefficient (Wildman–Crippen LogP) is 1.08. The van der Waals surface area contributed by atoms with Gasteiger partial charge in [0.2, 0.25) is 11.8 Å². The highest BCUT2D eigenvalue weighted by molar-refractivity contribution is 6.01.